The first-order chi connectivity index (χ1) is 17.7. The summed E-state index contributed by atoms with van der Waals surface area (Å²) < 4.78 is 1.99. The lowest BCUT2D eigenvalue weighted by Gasteiger charge is -2.25. The van der Waals surface area contributed by atoms with Crippen LogP contribution in [0.1, 0.15) is 25.0 Å². The van der Waals surface area contributed by atoms with Crippen molar-refractivity contribution < 1.29 is 19.5 Å². The predicted octanol–water partition coefficient (Wildman–Crippen LogP) is 2.48. The van der Waals surface area contributed by atoms with Crippen LogP contribution in [-0.2, 0) is 34.3 Å². The third-order valence-corrected chi connectivity index (χ3v) is 6.72. The molecule has 6 N–H and O–H groups in total. The van der Waals surface area contributed by atoms with Crippen molar-refractivity contribution in [3.8, 4) is 0 Å². The van der Waals surface area contributed by atoms with Crippen molar-refractivity contribution in [1.82, 2.24) is 20.2 Å². The van der Waals surface area contributed by atoms with Gasteiger partial charge in [0.1, 0.15) is 12.1 Å². The average Bonchev–Trinajstić information content (AvgIpc) is 3.42. The molecule has 0 saturated heterocycles. The van der Waals surface area contributed by atoms with E-state index in [1.807, 2.05) is 66.3 Å². The molecule has 2 aromatic heterocycles. The molecule has 4 aromatic rings. The van der Waals surface area contributed by atoms with Crippen LogP contribution < -0.4 is 16.4 Å². The van der Waals surface area contributed by atoms with Gasteiger partial charge in [-0.3, -0.25) is 9.59 Å². The number of rotatable bonds is 10. The van der Waals surface area contributed by atoms with Gasteiger partial charge in [-0.2, -0.15) is 0 Å². The Balaban J connectivity index is 1.43. The number of nitrogens with two attached hydrogens (primary N) is 1. The smallest absolute Gasteiger partial charge is 0.326 e. The van der Waals surface area contributed by atoms with Gasteiger partial charge in [0, 0.05) is 47.7 Å². The molecule has 9 heteroatoms. The molecule has 0 aliphatic carbocycles. The van der Waals surface area contributed by atoms with Crippen LogP contribution in [0.3, 0.4) is 0 Å². The zero-order valence-electron chi connectivity index (χ0n) is 21.2. The number of H-pyrrole nitrogens is 1. The number of carboxylic acid groups (broad SMARTS) is 1. The molecule has 37 heavy (non-hydrogen) atoms. The van der Waals surface area contributed by atoms with Crippen molar-refractivity contribution >= 4 is 39.6 Å². The molecule has 2 amide bonds. The summed E-state index contributed by atoms with van der Waals surface area (Å²) in [6.07, 6.45) is 4.11. The number of nitrogens with one attached hydrogen (secondary N) is 3. The Labute approximate surface area is 215 Å². The zero-order chi connectivity index (χ0) is 26.7. The summed E-state index contributed by atoms with van der Waals surface area (Å²) in [6.45, 7) is 3.58. The van der Waals surface area contributed by atoms with Crippen molar-refractivity contribution in [2.45, 2.75) is 44.8 Å². The lowest BCUT2D eigenvalue weighted by Crippen LogP contribution is -2.56. The first-order valence-electron chi connectivity index (χ1n) is 12.3. The number of amides is 2. The van der Waals surface area contributed by atoms with Crippen LogP contribution in [0.5, 0.6) is 0 Å². The van der Waals surface area contributed by atoms with Gasteiger partial charge in [0.2, 0.25) is 11.8 Å². The number of fused-ring (bicyclic) bond motifs is 2. The van der Waals surface area contributed by atoms with Crippen molar-refractivity contribution in [3.63, 3.8) is 0 Å². The molecular weight excluding hydrogens is 470 g/mol. The molecule has 0 saturated carbocycles. The van der Waals surface area contributed by atoms with Crippen LogP contribution >= 0.6 is 0 Å². The van der Waals surface area contributed by atoms with Crippen LogP contribution in [0.2, 0.25) is 0 Å². The number of carbonyl (C=O) groups excluding carboxylic acids is 2. The van der Waals surface area contributed by atoms with Crippen LogP contribution in [0.15, 0.2) is 60.9 Å². The molecule has 0 aliphatic rings. The molecule has 2 heterocycles. The second kappa shape index (κ2) is 10.9. The third-order valence-electron chi connectivity index (χ3n) is 6.72. The Morgan fingerprint density at radius 2 is 1.62 bits per heavy atom. The number of carbonyl (C=O) groups is 3. The normalized spacial score (nSPS) is 14.0. The quantitative estimate of drug-likeness (QED) is 0.226. The number of aryl methyl sites for hydroxylation is 1. The molecule has 0 fully saturated rings. The highest BCUT2D eigenvalue weighted by Gasteiger charge is 2.30. The van der Waals surface area contributed by atoms with Crippen molar-refractivity contribution in [2.24, 2.45) is 18.7 Å². The standard InChI is InChI=1S/C28H33N5O4/c1-16(2)25(32-26(34)21(29)12-18-15-33(3)24-11-7-5-9-20(18)24)27(35)31-23(28(36)37)13-17-14-30-22-10-6-4-8-19(17)22/h4-11,14-16,21,23,25,30H,12-13,29H2,1-3H3,(H,31,35)(H,32,34)(H,36,37)/t21-,23-,25-/m0/s1. The van der Waals surface area contributed by atoms with E-state index in [9.17, 15) is 19.5 Å². The molecule has 0 radical (unpaired) electrons. The maximum atomic E-state index is 13.1. The Bertz CT molecular complexity index is 1440. The lowest BCUT2D eigenvalue weighted by atomic mass is 10.00. The fourth-order valence-electron chi connectivity index (χ4n) is 4.70. The summed E-state index contributed by atoms with van der Waals surface area (Å²) in [5, 5.41) is 17.1. The fraction of sp³-hybridized carbons (Fsp3) is 0.321. The van der Waals surface area contributed by atoms with Gasteiger partial charge in [0.25, 0.3) is 0 Å². The minimum atomic E-state index is -1.16. The Morgan fingerprint density at radius 3 is 2.32 bits per heavy atom. The summed E-state index contributed by atoms with van der Waals surface area (Å²) >= 11 is 0. The highest BCUT2D eigenvalue weighted by molar-refractivity contribution is 5.93. The number of para-hydroxylation sites is 2. The first kappa shape index (κ1) is 26.0. The van der Waals surface area contributed by atoms with Crippen LogP contribution in [0.25, 0.3) is 21.8 Å². The molecule has 0 aliphatic heterocycles. The second-order valence-electron chi connectivity index (χ2n) is 9.79. The number of hydrogen-bond acceptors (Lipinski definition) is 4. The van der Waals surface area contributed by atoms with Crippen LogP contribution in [-0.4, -0.2) is 50.6 Å². The topological polar surface area (TPSA) is 142 Å². The summed E-state index contributed by atoms with van der Waals surface area (Å²) in [5.41, 5.74) is 9.89. The Hall–Kier alpha value is -4.11. The number of aromatic nitrogens is 2. The third kappa shape index (κ3) is 5.67. The van der Waals surface area contributed by atoms with E-state index in [1.165, 1.54) is 0 Å². The van der Waals surface area contributed by atoms with E-state index in [1.54, 1.807) is 20.0 Å². The molecule has 194 valence electrons. The number of nitrogens with zero attached hydrogens (tertiary/aromatic N) is 1. The highest BCUT2D eigenvalue weighted by atomic mass is 16.4. The molecule has 4 rings (SSSR count). The Morgan fingerprint density at radius 1 is 0.946 bits per heavy atom. The molecule has 3 atom stereocenters. The van der Waals surface area contributed by atoms with Gasteiger partial charge >= 0.3 is 5.97 Å². The second-order valence-corrected chi connectivity index (χ2v) is 9.79. The minimum Gasteiger partial charge on any atom is -0.480 e. The van der Waals surface area contributed by atoms with E-state index in [2.05, 4.69) is 15.6 Å². The monoisotopic (exact) mass is 503 g/mol. The highest BCUT2D eigenvalue weighted by Crippen LogP contribution is 2.22. The predicted molar refractivity (Wildman–Crippen MR) is 143 cm³/mol. The van der Waals surface area contributed by atoms with E-state index in [0.717, 1.165) is 32.9 Å². The molecule has 9 nitrogen and oxygen atoms in total. The van der Waals surface area contributed by atoms with E-state index in [4.69, 9.17) is 5.73 Å². The lowest BCUT2D eigenvalue weighted by molar-refractivity contribution is -0.142. The first-order valence-corrected chi connectivity index (χ1v) is 12.3. The fourth-order valence-corrected chi connectivity index (χ4v) is 4.70. The van der Waals surface area contributed by atoms with Gasteiger partial charge in [0.15, 0.2) is 0 Å². The van der Waals surface area contributed by atoms with Gasteiger partial charge in [-0.25, -0.2) is 4.79 Å². The molecule has 2 aromatic carbocycles. The Kier molecular flexibility index (Phi) is 7.63. The number of aromatic amines is 1. The maximum absolute atomic E-state index is 13.1. The SMILES string of the molecule is CC(C)[C@H](NC(=O)[C@@H](N)Cc1cn(C)c2ccccc12)C(=O)N[C@@H](Cc1c[nH]c2ccccc12)C(=O)O. The van der Waals surface area contributed by atoms with Gasteiger partial charge in [-0.1, -0.05) is 50.2 Å². The number of hydrogen-bond donors (Lipinski definition) is 5. The van der Waals surface area contributed by atoms with E-state index >= 15 is 0 Å². The van der Waals surface area contributed by atoms with Gasteiger partial charge in [-0.15, -0.1) is 0 Å². The minimum absolute atomic E-state index is 0.102. The summed E-state index contributed by atoms with van der Waals surface area (Å²) in [6, 6.07) is 12.5. The number of aliphatic carboxylic acids is 1. The summed E-state index contributed by atoms with van der Waals surface area (Å²) in [5.74, 6) is -2.46. The number of benzene rings is 2. The zero-order valence-corrected chi connectivity index (χ0v) is 21.2. The molecular formula is C28H33N5O4. The van der Waals surface area contributed by atoms with Crippen molar-refractivity contribution in [2.75, 3.05) is 0 Å². The van der Waals surface area contributed by atoms with Crippen molar-refractivity contribution in [1.29, 1.82) is 0 Å². The van der Waals surface area contributed by atoms with Crippen LogP contribution in [0, 0.1) is 5.92 Å². The summed E-state index contributed by atoms with van der Waals surface area (Å²) in [4.78, 5) is 41.3. The summed E-state index contributed by atoms with van der Waals surface area (Å²) in [7, 11) is 1.94. The van der Waals surface area contributed by atoms with E-state index < -0.39 is 35.9 Å². The van der Waals surface area contributed by atoms with Crippen LogP contribution in [0.4, 0.5) is 0 Å². The average molecular weight is 504 g/mol. The van der Waals surface area contributed by atoms with Gasteiger partial charge in [-0.05, 0) is 35.6 Å². The van der Waals surface area contributed by atoms with Gasteiger partial charge in [0.05, 0.1) is 6.04 Å². The number of carboxylic acids is 1. The molecule has 0 bridgehead atoms. The van der Waals surface area contributed by atoms with Crippen molar-refractivity contribution in [3.05, 3.63) is 72.1 Å². The van der Waals surface area contributed by atoms with Gasteiger partial charge < -0.3 is 31.0 Å². The van der Waals surface area contributed by atoms with E-state index in [-0.39, 0.29) is 12.3 Å². The molecule has 0 spiro atoms. The maximum Gasteiger partial charge on any atom is 0.326 e. The molecule has 0 unspecified atom stereocenters. The largest absolute Gasteiger partial charge is 0.480 e. The van der Waals surface area contributed by atoms with E-state index in [0.29, 0.717) is 6.42 Å².